The highest BCUT2D eigenvalue weighted by Gasteiger charge is 2.11. The molecule has 26 heavy (non-hydrogen) atoms. The van der Waals surface area contributed by atoms with Crippen LogP contribution in [-0.2, 0) is 11.2 Å². The van der Waals surface area contributed by atoms with Gasteiger partial charge >= 0.3 is 0 Å². The summed E-state index contributed by atoms with van der Waals surface area (Å²) in [5, 5.41) is 0.909. The Balaban J connectivity index is 1.90. The maximum Gasteiger partial charge on any atom is 0.269 e. The van der Waals surface area contributed by atoms with Gasteiger partial charge in [0, 0.05) is 34.4 Å². The molecule has 0 atom stereocenters. The van der Waals surface area contributed by atoms with Crippen LogP contribution < -0.4 is 15.8 Å². The summed E-state index contributed by atoms with van der Waals surface area (Å²) in [5.74, 6) is -0.756. The van der Waals surface area contributed by atoms with E-state index in [9.17, 15) is 9.59 Å². The molecule has 0 spiro atoms. The second kappa shape index (κ2) is 9.46. The number of anilines is 1. The highest BCUT2D eigenvalue weighted by atomic mass is 35.5. The molecule has 0 bridgehead atoms. The second-order valence-corrected chi connectivity index (χ2v) is 6.48. The summed E-state index contributed by atoms with van der Waals surface area (Å²) < 4.78 is 0. The van der Waals surface area contributed by atoms with Gasteiger partial charge in [0.25, 0.3) is 5.91 Å². The van der Waals surface area contributed by atoms with Crippen molar-refractivity contribution in [1.29, 1.82) is 0 Å². The van der Waals surface area contributed by atoms with Crippen LogP contribution in [0.3, 0.4) is 0 Å². The molecule has 0 aliphatic carbocycles. The molecule has 7 heteroatoms. The van der Waals surface area contributed by atoms with E-state index in [0.717, 1.165) is 18.8 Å². The minimum atomic E-state index is -0.383. The van der Waals surface area contributed by atoms with Crippen molar-refractivity contribution in [3.63, 3.8) is 0 Å². The minimum Gasteiger partial charge on any atom is -0.372 e. The van der Waals surface area contributed by atoms with E-state index < -0.39 is 0 Å². The Hall–Kier alpha value is -2.24. The molecule has 2 aromatic carbocycles. The summed E-state index contributed by atoms with van der Waals surface area (Å²) in [6.45, 7) is 5.94. The number of hydrazine groups is 1. The maximum atomic E-state index is 12.2. The normalized spacial score (nSPS) is 10.3. The number of carbonyl (C=O) groups is 2. The predicted octanol–water partition coefficient (Wildman–Crippen LogP) is 3.84. The van der Waals surface area contributed by atoms with Crippen molar-refractivity contribution in [2.45, 2.75) is 20.3 Å². The lowest BCUT2D eigenvalue weighted by atomic mass is 10.1. The molecule has 2 rings (SSSR count). The highest BCUT2D eigenvalue weighted by Crippen LogP contribution is 2.21. The smallest absolute Gasteiger partial charge is 0.269 e. The molecule has 0 heterocycles. The number of carbonyl (C=O) groups excluding carboxylic acids is 2. The number of nitrogens with zero attached hydrogens (tertiary/aromatic N) is 1. The molecule has 2 aromatic rings. The van der Waals surface area contributed by atoms with Gasteiger partial charge in [-0.1, -0.05) is 29.3 Å². The van der Waals surface area contributed by atoms with Gasteiger partial charge in [0.05, 0.1) is 6.42 Å². The zero-order chi connectivity index (χ0) is 19.1. The van der Waals surface area contributed by atoms with Crippen LogP contribution in [-0.4, -0.2) is 24.9 Å². The molecule has 2 amide bonds. The molecule has 138 valence electrons. The number of hydrogen-bond donors (Lipinski definition) is 2. The number of hydrogen-bond acceptors (Lipinski definition) is 3. The molecule has 0 aliphatic heterocycles. The van der Waals surface area contributed by atoms with Gasteiger partial charge in [-0.2, -0.15) is 0 Å². The van der Waals surface area contributed by atoms with Crippen LogP contribution in [0.2, 0.25) is 10.0 Å². The van der Waals surface area contributed by atoms with Crippen molar-refractivity contribution < 1.29 is 9.59 Å². The van der Waals surface area contributed by atoms with Crippen LogP contribution in [0, 0.1) is 0 Å². The van der Waals surface area contributed by atoms with Crippen molar-refractivity contribution in [3.05, 3.63) is 63.6 Å². The second-order valence-electron chi connectivity index (χ2n) is 5.63. The fourth-order valence-corrected chi connectivity index (χ4v) is 2.97. The first-order valence-corrected chi connectivity index (χ1v) is 9.08. The summed E-state index contributed by atoms with van der Waals surface area (Å²) in [6.07, 6.45) is 0.0389. The van der Waals surface area contributed by atoms with Gasteiger partial charge in [-0.25, -0.2) is 0 Å². The number of nitrogens with one attached hydrogen (secondary N) is 2. The monoisotopic (exact) mass is 393 g/mol. The molecule has 0 unspecified atom stereocenters. The van der Waals surface area contributed by atoms with E-state index >= 15 is 0 Å². The first kappa shape index (κ1) is 20.1. The van der Waals surface area contributed by atoms with Crippen molar-refractivity contribution in [3.8, 4) is 0 Å². The van der Waals surface area contributed by atoms with Gasteiger partial charge in [0.1, 0.15) is 0 Å². The van der Waals surface area contributed by atoms with Crippen molar-refractivity contribution in [2.75, 3.05) is 18.0 Å². The van der Waals surface area contributed by atoms with E-state index in [1.165, 1.54) is 0 Å². The predicted molar refractivity (Wildman–Crippen MR) is 106 cm³/mol. The Morgan fingerprint density at radius 1 is 0.962 bits per heavy atom. The van der Waals surface area contributed by atoms with E-state index in [4.69, 9.17) is 23.2 Å². The summed E-state index contributed by atoms with van der Waals surface area (Å²) in [7, 11) is 0. The lowest BCUT2D eigenvalue weighted by molar-refractivity contribution is -0.121. The molecular weight excluding hydrogens is 373 g/mol. The molecule has 0 aliphatic rings. The van der Waals surface area contributed by atoms with E-state index in [0.29, 0.717) is 21.2 Å². The fourth-order valence-electron chi connectivity index (χ4n) is 2.49. The van der Waals surface area contributed by atoms with E-state index in [1.807, 2.05) is 12.1 Å². The third kappa shape index (κ3) is 5.38. The Labute approximate surface area is 163 Å². The highest BCUT2D eigenvalue weighted by molar-refractivity contribution is 6.35. The van der Waals surface area contributed by atoms with Gasteiger partial charge in [-0.15, -0.1) is 0 Å². The van der Waals surface area contributed by atoms with E-state index in [1.54, 1.807) is 30.3 Å². The van der Waals surface area contributed by atoms with Gasteiger partial charge < -0.3 is 4.90 Å². The lowest BCUT2D eigenvalue weighted by Crippen LogP contribution is -2.42. The number of amides is 2. The van der Waals surface area contributed by atoms with Crippen LogP contribution in [0.4, 0.5) is 5.69 Å². The summed E-state index contributed by atoms with van der Waals surface area (Å²) in [4.78, 5) is 26.3. The zero-order valence-electron chi connectivity index (χ0n) is 14.7. The quantitative estimate of drug-likeness (QED) is 0.732. The van der Waals surface area contributed by atoms with E-state index in [2.05, 4.69) is 29.6 Å². The zero-order valence-corrected chi connectivity index (χ0v) is 16.2. The van der Waals surface area contributed by atoms with Gasteiger partial charge in [-0.3, -0.25) is 20.4 Å². The SMILES string of the molecule is CCN(CC)c1ccc(C(=O)NNC(=O)Cc2ccc(Cl)cc2Cl)cc1. The standard InChI is InChI=1S/C19H21Cl2N3O2/c1-3-24(4-2)16-9-6-13(7-10-16)19(26)23-22-18(25)11-14-5-8-15(20)12-17(14)21/h5-10,12H,3-4,11H2,1-2H3,(H,22,25)(H,23,26). The van der Waals surface area contributed by atoms with Crippen molar-refractivity contribution >= 4 is 40.7 Å². The molecule has 0 radical (unpaired) electrons. The summed E-state index contributed by atoms with van der Waals surface area (Å²) >= 11 is 11.9. The third-order valence-corrected chi connectivity index (χ3v) is 4.53. The summed E-state index contributed by atoms with van der Waals surface area (Å²) in [6, 6.07) is 12.1. The van der Waals surface area contributed by atoms with Crippen LogP contribution in [0.1, 0.15) is 29.8 Å². The topological polar surface area (TPSA) is 61.4 Å². The average Bonchev–Trinajstić information content (AvgIpc) is 2.63. The lowest BCUT2D eigenvalue weighted by Gasteiger charge is -2.21. The molecule has 0 saturated heterocycles. The number of halogens is 2. The minimum absolute atomic E-state index is 0.0389. The average molecular weight is 394 g/mol. The maximum absolute atomic E-state index is 12.2. The van der Waals surface area contributed by atoms with Crippen molar-refractivity contribution in [1.82, 2.24) is 10.9 Å². The van der Waals surface area contributed by atoms with Gasteiger partial charge in [0.15, 0.2) is 0 Å². The molecule has 2 N–H and O–H groups in total. The van der Waals surface area contributed by atoms with Crippen LogP contribution in [0.5, 0.6) is 0 Å². The van der Waals surface area contributed by atoms with Crippen molar-refractivity contribution in [2.24, 2.45) is 0 Å². The van der Waals surface area contributed by atoms with Crippen LogP contribution in [0.25, 0.3) is 0 Å². The Bertz CT molecular complexity index is 775. The van der Waals surface area contributed by atoms with Gasteiger partial charge in [-0.05, 0) is 55.8 Å². The molecular formula is C19H21Cl2N3O2. The Morgan fingerprint density at radius 3 is 2.19 bits per heavy atom. The van der Waals surface area contributed by atoms with Crippen LogP contribution in [0.15, 0.2) is 42.5 Å². The number of rotatable bonds is 6. The number of benzene rings is 2. The molecule has 0 saturated carbocycles. The fraction of sp³-hybridized carbons (Fsp3) is 0.263. The first-order valence-electron chi connectivity index (χ1n) is 8.32. The third-order valence-electron chi connectivity index (χ3n) is 3.94. The molecule has 5 nitrogen and oxygen atoms in total. The van der Waals surface area contributed by atoms with Crippen LogP contribution >= 0.6 is 23.2 Å². The first-order chi connectivity index (χ1) is 12.4. The largest absolute Gasteiger partial charge is 0.372 e. The Kier molecular flexibility index (Phi) is 7.30. The Morgan fingerprint density at radius 2 is 1.62 bits per heavy atom. The molecule has 0 aromatic heterocycles. The van der Waals surface area contributed by atoms with Gasteiger partial charge in [0.2, 0.25) is 5.91 Å². The van der Waals surface area contributed by atoms with E-state index in [-0.39, 0.29) is 18.2 Å². The molecule has 0 fully saturated rings. The summed E-state index contributed by atoms with van der Waals surface area (Å²) in [5.41, 5.74) is 6.94.